The number of carboxylic acids is 1. The molecular weight excluding hydrogens is 436 g/mol. The van der Waals surface area contributed by atoms with E-state index in [-0.39, 0.29) is 0 Å². The minimum Gasteiger partial charge on any atom is -0.479 e. The van der Waals surface area contributed by atoms with Crippen molar-refractivity contribution in [3.63, 3.8) is 0 Å². The number of carbonyl (C=O) groups is 1. The van der Waals surface area contributed by atoms with Crippen molar-refractivity contribution in [2.45, 2.75) is 71.5 Å². The summed E-state index contributed by atoms with van der Waals surface area (Å²) in [5.74, 6) is 1.38. The van der Waals surface area contributed by atoms with Gasteiger partial charge in [0.15, 0.2) is 6.10 Å². The Morgan fingerprint density at radius 3 is 2.57 bits per heavy atom. The number of aliphatic imine (C=N–C) groups is 1. The van der Waals surface area contributed by atoms with Crippen molar-refractivity contribution >= 4 is 29.3 Å². The van der Waals surface area contributed by atoms with Gasteiger partial charge in [-0.05, 0) is 81.7 Å². The molecule has 0 radical (unpaired) electrons. The maximum Gasteiger partial charge on any atom is 0.337 e. The Morgan fingerprint density at radius 1 is 1.23 bits per heavy atom. The van der Waals surface area contributed by atoms with Crippen LogP contribution in [0.25, 0.3) is 22.0 Å². The van der Waals surface area contributed by atoms with Crippen molar-refractivity contribution in [1.29, 1.82) is 0 Å². The second kappa shape index (κ2) is 8.27. The Balaban J connectivity index is 1.85. The fraction of sp³-hybridized carbons (Fsp3) is 0.433. The summed E-state index contributed by atoms with van der Waals surface area (Å²) in [6.45, 7) is 16.1. The molecular formula is C30H34N2O3. The molecule has 0 saturated heterocycles. The summed E-state index contributed by atoms with van der Waals surface area (Å²) in [6.07, 6.45) is -0.110. The molecule has 2 aliphatic carbocycles. The van der Waals surface area contributed by atoms with Gasteiger partial charge in [0, 0.05) is 27.8 Å². The lowest BCUT2D eigenvalue weighted by Crippen LogP contribution is -2.28. The number of aliphatic carboxylic acids is 1. The van der Waals surface area contributed by atoms with Crippen LogP contribution in [0.2, 0.25) is 0 Å². The minimum atomic E-state index is -1.16. The van der Waals surface area contributed by atoms with Crippen molar-refractivity contribution < 1.29 is 14.6 Å². The first-order valence-electron chi connectivity index (χ1n) is 12.5. The summed E-state index contributed by atoms with van der Waals surface area (Å²) in [5, 5.41) is 11.2. The molecule has 1 saturated carbocycles. The average Bonchev–Trinajstić information content (AvgIpc) is 3.32. The molecule has 1 fully saturated rings. The highest BCUT2D eigenvalue weighted by molar-refractivity contribution is 6.02. The fourth-order valence-electron chi connectivity index (χ4n) is 6.49. The minimum absolute atomic E-state index is 0.448. The van der Waals surface area contributed by atoms with Crippen LogP contribution in [-0.2, 0) is 9.53 Å². The molecule has 5 heteroatoms. The van der Waals surface area contributed by atoms with Gasteiger partial charge in [0.1, 0.15) is 0 Å². The van der Waals surface area contributed by atoms with Crippen LogP contribution in [0, 0.1) is 18.8 Å². The van der Waals surface area contributed by atoms with Crippen molar-refractivity contribution in [2.24, 2.45) is 16.8 Å². The lowest BCUT2D eigenvalue weighted by Gasteiger charge is -2.29. The molecule has 1 aromatic heterocycles. The van der Waals surface area contributed by atoms with Gasteiger partial charge in [0.05, 0.1) is 16.8 Å². The normalized spacial score (nSPS) is 23.6. The standard InChI is InChI=1S/C30H34N2O3/c1-8-17-22-15(2)23(22)19-13-14-20(27(31-7)26(17)19)25-18-11-9-10-12-21(18)32-16(3)24(25)28(29(33)34)35-30(4,5)6/h9-15,17,22-23,28H,7-8H2,1-6H3,(H,33,34)/t15-,17?,22-,23+,28+/m1/s1. The number of rotatable bonds is 6. The first kappa shape index (κ1) is 23.7. The number of ether oxygens (including phenoxy) is 1. The lowest BCUT2D eigenvalue weighted by atomic mass is 9.84. The molecule has 5 nitrogen and oxygen atoms in total. The predicted octanol–water partition coefficient (Wildman–Crippen LogP) is 7.34. The van der Waals surface area contributed by atoms with Crippen LogP contribution in [0.1, 0.15) is 81.4 Å². The van der Waals surface area contributed by atoms with Gasteiger partial charge < -0.3 is 9.84 Å². The number of nitrogens with zero attached hydrogens (tertiary/aromatic N) is 2. The van der Waals surface area contributed by atoms with Crippen LogP contribution in [0.4, 0.5) is 5.69 Å². The molecule has 1 unspecified atom stereocenters. The van der Waals surface area contributed by atoms with Crippen LogP contribution in [0.3, 0.4) is 0 Å². The summed E-state index contributed by atoms with van der Waals surface area (Å²) in [4.78, 5) is 22.0. The quantitative estimate of drug-likeness (QED) is 0.383. The molecule has 0 spiro atoms. The summed E-state index contributed by atoms with van der Waals surface area (Å²) >= 11 is 0. The highest BCUT2D eigenvalue weighted by Gasteiger charge is 2.58. The molecule has 5 rings (SSSR count). The van der Waals surface area contributed by atoms with E-state index in [1.54, 1.807) is 0 Å². The molecule has 5 atom stereocenters. The SMILES string of the molecule is C=Nc1c(-c2c([C@H](OC(C)(C)C)C(=O)O)c(C)nc3ccccc23)ccc2c1C(CC)[C@H]1[C@@H](C)[C@@H]21. The smallest absolute Gasteiger partial charge is 0.337 e. The van der Waals surface area contributed by atoms with Crippen LogP contribution in [0.15, 0.2) is 41.4 Å². The maximum atomic E-state index is 12.6. The molecule has 3 aromatic rings. The van der Waals surface area contributed by atoms with Gasteiger partial charge in [0.2, 0.25) is 0 Å². The largest absolute Gasteiger partial charge is 0.479 e. The lowest BCUT2D eigenvalue weighted by molar-refractivity contribution is -0.160. The van der Waals surface area contributed by atoms with E-state index in [0.717, 1.165) is 34.1 Å². The second-order valence-electron chi connectivity index (χ2n) is 11.1. The number of aromatic nitrogens is 1. The summed E-state index contributed by atoms with van der Waals surface area (Å²) in [6, 6.07) is 12.3. The summed E-state index contributed by atoms with van der Waals surface area (Å²) in [5.41, 5.74) is 6.70. The molecule has 0 aliphatic heterocycles. The highest BCUT2D eigenvalue weighted by atomic mass is 16.5. The maximum absolute atomic E-state index is 12.6. The van der Waals surface area contributed by atoms with E-state index in [1.165, 1.54) is 11.1 Å². The second-order valence-corrected chi connectivity index (χ2v) is 11.1. The van der Waals surface area contributed by atoms with Crippen LogP contribution in [-0.4, -0.2) is 28.4 Å². The van der Waals surface area contributed by atoms with Crippen molar-refractivity contribution in [1.82, 2.24) is 4.98 Å². The third-order valence-corrected chi connectivity index (χ3v) is 7.84. The third-order valence-electron chi connectivity index (χ3n) is 7.84. The van der Waals surface area contributed by atoms with E-state index in [2.05, 4.69) is 37.7 Å². The zero-order valence-corrected chi connectivity index (χ0v) is 21.4. The Labute approximate surface area is 207 Å². The summed E-state index contributed by atoms with van der Waals surface area (Å²) in [7, 11) is 0. The van der Waals surface area contributed by atoms with E-state index in [4.69, 9.17) is 9.72 Å². The summed E-state index contributed by atoms with van der Waals surface area (Å²) < 4.78 is 6.14. The van der Waals surface area contributed by atoms with Gasteiger partial charge in [-0.15, -0.1) is 0 Å². The molecule has 182 valence electrons. The zero-order valence-electron chi connectivity index (χ0n) is 21.4. The van der Waals surface area contributed by atoms with E-state index < -0.39 is 17.7 Å². The fourth-order valence-corrected chi connectivity index (χ4v) is 6.49. The van der Waals surface area contributed by atoms with Crippen molar-refractivity contribution in [3.8, 4) is 11.1 Å². The number of carboxylic acid groups (broad SMARTS) is 1. The molecule has 0 bridgehead atoms. The Morgan fingerprint density at radius 2 is 1.94 bits per heavy atom. The van der Waals surface area contributed by atoms with E-state index in [9.17, 15) is 9.90 Å². The molecule has 1 N–H and O–H groups in total. The van der Waals surface area contributed by atoms with E-state index >= 15 is 0 Å². The van der Waals surface area contributed by atoms with E-state index in [1.807, 2.05) is 52.0 Å². The Hall–Kier alpha value is -3.05. The predicted molar refractivity (Wildman–Crippen MR) is 141 cm³/mol. The van der Waals surface area contributed by atoms with Gasteiger partial charge in [-0.25, -0.2) is 4.79 Å². The number of benzene rings is 2. The Bertz CT molecular complexity index is 1350. The highest BCUT2D eigenvalue weighted by Crippen LogP contribution is 2.69. The first-order chi connectivity index (χ1) is 16.6. The molecule has 2 aromatic carbocycles. The molecule has 0 amide bonds. The Kier molecular flexibility index (Phi) is 5.59. The number of aryl methyl sites for hydroxylation is 1. The third kappa shape index (κ3) is 3.68. The zero-order chi connectivity index (χ0) is 25.2. The van der Waals surface area contributed by atoms with Crippen LogP contribution in [0.5, 0.6) is 0 Å². The number of para-hydroxylation sites is 1. The van der Waals surface area contributed by atoms with Crippen LogP contribution >= 0.6 is 0 Å². The van der Waals surface area contributed by atoms with Crippen molar-refractivity contribution in [2.75, 3.05) is 0 Å². The molecule has 2 aliphatic rings. The number of hydrogen-bond donors (Lipinski definition) is 1. The van der Waals surface area contributed by atoms with Gasteiger partial charge in [0.25, 0.3) is 0 Å². The average molecular weight is 471 g/mol. The van der Waals surface area contributed by atoms with Gasteiger partial charge >= 0.3 is 5.97 Å². The topological polar surface area (TPSA) is 71.8 Å². The van der Waals surface area contributed by atoms with Crippen LogP contribution < -0.4 is 0 Å². The number of fused-ring (bicyclic) bond motifs is 4. The van der Waals surface area contributed by atoms with Gasteiger partial charge in [-0.3, -0.25) is 9.98 Å². The number of pyridine rings is 1. The van der Waals surface area contributed by atoms with Gasteiger partial charge in [-0.1, -0.05) is 44.2 Å². The monoisotopic (exact) mass is 470 g/mol. The van der Waals surface area contributed by atoms with Crippen molar-refractivity contribution in [3.05, 3.63) is 58.8 Å². The molecule has 35 heavy (non-hydrogen) atoms. The first-order valence-corrected chi connectivity index (χ1v) is 12.5. The van der Waals surface area contributed by atoms with Gasteiger partial charge in [-0.2, -0.15) is 0 Å². The number of hydrogen-bond acceptors (Lipinski definition) is 4. The molecule has 1 heterocycles. The van der Waals surface area contributed by atoms with E-state index in [0.29, 0.717) is 34.9 Å².